The van der Waals surface area contributed by atoms with E-state index in [4.69, 9.17) is 26.3 Å². The molecule has 5 fully saturated rings. The number of aromatic nitrogens is 8. The number of likely N-dealkylation sites (N-methyl/N-ethyl adjacent to an activating group) is 6. The summed E-state index contributed by atoms with van der Waals surface area (Å²) in [6.07, 6.45) is 35.6. The maximum absolute atomic E-state index is 12.9. The Morgan fingerprint density at radius 3 is 1.13 bits per heavy atom. The van der Waals surface area contributed by atoms with E-state index in [1.165, 1.54) is 86.9 Å². The molecule has 4 aromatic carbocycles. The first-order chi connectivity index (χ1) is 66.1. The first kappa shape index (κ1) is 101. The van der Waals surface area contributed by atoms with Crippen LogP contribution in [0, 0.1) is 48.5 Å². The number of imidazole rings is 4. The van der Waals surface area contributed by atoms with Crippen LogP contribution in [0.2, 0.25) is 0 Å². The quantitative estimate of drug-likeness (QED) is 0.0299. The number of carbonyl (C=O) groups is 6. The second-order valence-corrected chi connectivity index (χ2v) is 42.3. The Balaban J connectivity index is 0.000000147. The summed E-state index contributed by atoms with van der Waals surface area (Å²) in [4.78, 5) is 124. The normalized spacial score (nSPS) is 19.9. The lowest BCUT2D eigenvalue weighted by molar-refractivity contribution is 0.101. The van der Waals surface area contributed by atoms with E-state index >= 15 is 0 Å². The number of urea groups is 2. The minimum absolute atomic E-state index is 0.0131. The minimum Gasteiger partial charge on any atom is -0.363 e. The molecule has 4 aromatic heterocycles. The van der Waals surface area contributed by atoms with Crippen molar-refractivity contribution < 1.29 is 45.6 Å². The van der Waals surface area contributed by atoms with Crippen molar-refractivity contribution in [3.63, 3.8) is 0 Å². The Bertz CT molecular complexity index is 6390. The van der Waals surface area contributed by atoms with Crippen LogP contribution in [0.3, 0.4) is 0 Å². The SMILES string of the molecule is [C-]#[N+]c1cnc(C(=O)Nc2ccc(C3CN(C)C(=O)N(C)C3)cc2C2=CCC(CC)(CC)CC2)[nH]1.[C-]#[N+]c1cnc(C(=O)Nc2ccc(C3CN(C)S(=O)(=O)N(C)C3)cc2C2=CCC3(CCCC3)CC2)[nH]1.[C-]#[N+]c1cnc(C(=O)Nc2ccc(C3CN(CC)C(=O)N(CC)C3)cc2C2=CCC(C)(C)CC2)[nH]1.[C-]#[N+]c1cnc(C(=O)Nc2ccc(C3CNS(=O)(=O)NC3)cc2C2=CCC(CC)CC2)[nH]1. The summed E-state index contributed by atoms with van der Waals surface area (Å²) in [7, 11) is 0.0560. The van der Waals surface area contributed by atoms with E-state index in [9.17, 15) is 45.6 Å². The molecular weight excluding hydrogens is 1790 g/mol. The van der Waals surface area contributed by atoms with Crippen LogP contribution in [0.25, 0.3) is 41.7 Å². The third-order valence-corrected chi connectivity index (χ3v) is 32.3. The van der Waals surface area contributed by atoms with Crippen LogP contribution in [0.15, 0.2) is 122 Å². The summed E-state index contributed by atoms with van der Waals surface area (Å²) in [5.41, 5.74) is 17.1. The highest BCUT2D eigenvalue weighted by Gasteiger charge is 2.40. The Labute approximate surface area is 809 Å². The van der Waals surface area contributed by atoms with Gasteiger partial charge >= 0.3 is 35.7 Å². The molecular formula is C102H126N24O10S2. The molecule has 17 rings (SSSR count). The molecule has 138 heavy (non-hydrogen) atoms. The number of hydrogen-bond donors (Lipinski definition) is 10. The Morgan fingerprint density at radius 1 is 0.442 bits per heavy atom. The third kappa shape index (κ3) is 23.6. The van der Waals surface area contributed by atoms with Gasteiger partial charge in [0.2, 0.25) is 23.3 Å². The van der Waals surface area contributed by atoms with Crippen LogP contribution in [-0.2, 0) is 20.4 Å². The smallest absolute Gasteiger partial charge is 0.320 e. The van der Waals surface area contributed by atoms with Gasteiger partial charge in [0.1, 0.15) is 0 Å². The second kappa shape index (κ2) is 43.7. The van der Waals surface area contributed by atoms with E-state index < -0.39 is 32.2 Å². The lowest BCUT2D eigenvalue weighted by atomic mass is 9.70. The van der Waals surface area contributed by atoms with Gasteiger partial charge in [-0.15, -0.1) is 0 Å². The zero-order chi connectivity index (χ0) is 98.5. The maximum Gasteiger partial charge on any atom is 0.320 e. The van der Waals surface area contributed by atoms with Crippen molar-refractivity contribution >= 4 is 124 Å². The van der Waals surface area contributed by atoms with Crippen LogP contribution in [0.4, 0.5) is 55.6 Å². The molecule has 4 aliphatic heterocycles. The van der Waals surface area contributed by atoms with E-state index in [1.807, 2.05) is 86.3 Å². The Morgan fingerprint density at radius 2 is 0.804 bits per heavy atom. The van der Waals surface area contributed by atoms with Gasteiger partial charge < -0.3 is 60.2 Å². The van der Waals surface area contributed by atoms with Crippen molar-refractivity contribution in [3.8, 4) is 0 Å². The topological polar surface area (TPSA) is 394 Å². The third-order valence-electron chi connectivity index (χ3n) is 29.3. The fourth-order valence-electron chi connectivity index (χ4n) is 20.3. The molecule has 5 aliphatic carbocycles. The Hall–Kier alpha value is -13.2. The first-order valence-corrected chi connectivity index (χ1v) is 50.7. The van der Waals surface area contributed by atoms with Gasteiger partial charge in [-0.05, 0) is 219 Å². The van der Waals surface area contributed by atoms with Gasteiger partial charge in [0.25, 0.3) is 43.7 Å². The maximum atomic E-state index is 12.9. The molecule has 1 unspecified atom stereocenters. The van der Waals surface area contributed by atoms with Gasteiger partial charge in [-0.3, -0.25) is 39.1 Å². The molecule has 1 saturated carbocycles. The fourth-order valence-corrected chi connectivity index (χ4v) is 22.4. The zero-order valence-electron chi connectivity index (χ0n) is 80.6. The van der Waals surface area contributed by atoms with E-state index in [1.54, 1.807) is 23.9 Å². The summed E-state index contributed by atoms with van der Waals surface area (Å²) >= 11 is 0. The molecule has 0 bridgehead atoms. The van der Waals surface area contributed by atoms with Crippen molar-refractivity contribution in [1.82, 2.24) is 77.5 Å². The number of benzene rings is 4. The summed E-state index contributed by atoms with van der Waals surface area (Å²) in [5, 5.41) is 11.9. The number of aromatic amines is 4. The van der Waals surface area contributed by atoms with E-state index in [0.29, 0.717) is 93.6 Å². The van der Waals surface area contributed by atoms with Gasteiger partial charge in [-0.1, -0.05) is 142 Å². The average Bonchev–Trinajstić information content (AvgIpc) is 1.77. The number of carbonyl (C=O) groups excluding carboxylic acids is 6. The summed E-state index contributed by atoms with van der Waals surface area (Å²) in [6, 6.07) is 24.3. The zero-order valence-corrected chi connectivity index (χ0v) is 82.2. The molecule has 8 heterocycles. The van der Waals surface area contributed by atoms with Crippen LogP contribution < -0.4 is 30.7 Å². The number of amides is 8. The van der Waals surface area contributed by atoms with Crippen LogP contribution in [-0.4, -0.2) is 214 Å². The molecule has 36 heteroatoms. The molecule has 8 amide bonds. The summed E-state index contributed by atoms with van der Waals surface area (Å²) in [5.74, 6) is 0.814. The number of nitrogens with one attached hydrogen (secondary N) is 10. The highest BCUT2D eigenvalue weighted by atomic mass is 32.2. The summed E-state index contributed by atoms with van der Waals surface area (Å²) in [6.45, 7) is 49.2. The van der Waals surface area contributed by atoms with Gasteiger partial charge in [0.15, 0.2) is 0 Å². The highest BCUT2D eigenvalue weighted by Crippen LogP contribution is 2.52. The monoisotopic (exact) mass is 1910 g/mol. The number of H-pyrrole nitrogens is 4. The van der Waals surface area contributed by atoms with Crippen molar-refractivity contribution in [2.75, 3.05) is 115 Å². The molecule has 726 valence electrons. The van der Waals surface area contributed by atoms with Crippen molar-refractivity contribution in [1.29, 1.82) is 0 Å². The van der Waals surface area contributed by atoms with Crippen LogP contribution in [0.1, 0.15) is 281 Å². The van der Waals surface area contributed by atoms with E-state index in [0.717, 1.165) is 147 Å². The van der Waals surface area contributed by atoms with Crippen LogP contribution >= 0.6 is 0 Å². The predicted molar refractivity (Wildman–Crippen MR) is 536 cm³/mol. The van der Waals surface area contributed by atoms with E-state index in [2.05, 4.69) is 173 Å². The molecule has 1 atom stereocenters. The van der Waals surface area contributed by atoms with Gasteiger partial charge in [0, 0.05) is 162 Å². The lowest BCUT2D eigenvalue weighted by Crippen LogP contribution is -2.52. The number of nitrogens with zero attached hydrogens (tertiary/aromatic N) is 14. The number of rotatable bonds is 21. The minimum atomic E-state index is -3.42. The van der Waals surface area contributed by atoms with Gasteiger partial charge in [-0.2, -0.15) is 25.4 Å². The molecule has 8 aromatic rings. The van der Waals surface area contributed by atoms with E-state index in [-0.39, 0.29) is 99.5 Å². The van der Waals surface area contributed by atoms with Crippen molar-refractivity contribution in [3.05, 3.63) is 235 Å². The number of allylic oxidation sites excluding steroid dienone is 8. The van der Waals surface area contributed by atoms with Gasteiger partial charge in [0.05, 0.1) is 24.8 Å². The molecule has 10 N–H and O–H groups in total. The van der Waals surface area contributed by atoms with Gasteiger partial charge in [-0.25, -0.2) is 39.0 Å². The summed E-state index contributed by atoms with van der Waals surface area (Å²) < 4.78 is 56.0. The molecule has 9 aliphatic rings. The Kier molecular flexibility index (Phi) is 31.9. The fraction of sp³-hybridized carbons (Fsp3) is 0.471. The molecule has 4 saturated heterocycles. The van der Waals surface area contributed by atoms with Crippen LogP contribution in [0.5, 0.6) is 0 Å². The second-order valence-electron chi connectivity index (χ2n) is 38.6. The first-order valence-electron chi connectivity index (χ1n) is 47.8. The average molecular weight is 1910 g/mol. The molecule has 1 spiro atoms. The predicted octanol–water partition coefficient (Wildman–Crippen LogP) is 19.2. The van der Waals surface area contributed by atoms with Crippen molar-refractivity contribution in [2.24, 2.45) is 22.2 Å². The highest BCUT2D eigenvalue weighted by molar-refractivity contribution is 7.87. The lowest BCUT2D eigenvalue weighted by Gasteiger charge is -2.39. The molecule has 34 nitrogen and oxygen atoms in total. The standard InChI is InChI=1S/2C27H34N6O2.C26H32N6O3S.C22H26N6O3S/c1-6-27(7-2)12-10-18(11-13-27)21-14-19(20-16-32(4)26(35)33(5)17-20)8-9-22(21)30-25(34)24-29-15-23(28-3)31-24;1-6-32-16-20(17-33(7-2)26(32)35)19-8-9-22(30-25(34)24-29-15-23(28-5)31-24)21(14-19)18-10-12-27(3,4)13-11-18;1-27-23-15-28-24(30-23)25(33)29-22-7-6-19(20-16-31(2)36(34,35)32(3)17-20)14-21(22)18-8-12-26(13-9-18)10-4-5-11-26;1-3-14-4-6-15(7-5-14)18-10-16(17-11-25-32(30,31)26-12-17)8-9-19(18)27-22(29)21-24-13-20(23-2)28-21/h8-10,14-15,20H,6-7,11-13,16-17H2,1-2,4-5H3,(H,29,31)(H,30,34);8-10,14-15,20H,6-7,11-13,16-17H2,1-4H3,(H,29,31)(H,30,34);6-8,14-15,20H,4-5,9-13,16-17H2,2-3H3,(H,28,30)(H,29,33);6,8-10,13-14,17,25-26H,3-5,7,11-12H2,1H3,(H,24,28)(H,27,29). The number of hydrogen-bond acceptors (Lipinski definition) is 14. The van der Waals surface area contributed by atoms with Crippen molar-refractivity contribution in [2.45, 2.75) is 194 Å². The largest absolute Gasteiger partial charge is 0.363 e. The number of anilines is 4. The molecule has 0 radical (unpaired) electrons.